The van der Waals surface area contributed by atoms with Crippen molar-refractivity contribution in [3.05, 3.63) is 87.9 Å². The quantitative estimate of drug-likeness (QED) is 0.484. The molecule has 5 nitrogen and oxygen atoms in total. The molecule has 0 aromatic heterocycles. The van der Waals surface area contributed by atoms with Gasteiger partial charge in [-0.25, -0.2) is 8.42 Å². The molecule has 1 N–H and O–H groups in total. The van der Waals surface area contributed by atoms with Crippen LogP contribution in [0.15, 0.2) is 65.6 Å². The predicted molar refractivity (Wildman–Crippen MR) is 131 cm³/mol. The fraction of sp³-hybridized carbons (Fsp3) is 0.240. The van der Waals surface area contributed by atoms with Gasteiger partial charge in [0.2, 0.25) is 5.91 Å². The highest BCUT2D eigenvalue weighted by molar-refractivity contribution is 7.92. The van der Waals surface area contributed by atoms with Crippen molar-refractivity contribution in [1.82, 2.24) is 0 Å². The van der Waals surface area contributed by atoms with E-state index in [-0.39, 0.29) is 11.4 Å². The summed E-state index contributed by atoms with van der Waals surface area (Å²) in [4.78, 5) is 13.1. The van der Waals surface area contributed by atoms with Crippen molar-refractivity contribution in [3.63, 3.8) is 0 Å². The van der Waals surface area contributed by atoms with Crippen LogP contribution < -0.4 is 9.62 Å². The fourth-order valence-electron chi connectivity index (χ4n) is 3.44. The first-order valence-electron chi connectivity index (χ1n) is 10.4. The second kappa shape index (κ2) is 9.76. The molecular formula is C25H27ClN2O3S. The number of para-hydroxylation sites is 1. The lowest BCUT2D eigenvalue weighted by Crippen LogP contribution is -2.38. The van der Waals surface area contributed by atoms with Gasteiger partial charge in [-0.3, -0.25) is 9.10 Å². The summed E-state index contributed by atoms with van der Waals surface area (Å²) in [5.74, 6) is -0.412. The van der Waals surface area contributed by atoms with Gasteiger partial charge < -0.3 is 5.32 Å². The zero-order valence-corrected chi connectivity index (χ0v) is 20.2. The Bertz CT molecular complexity index is 1240. The number of sulfonamides is 1. The van der Waals surface area contributed by atoms with Crippen molar-refractivity contribution in [2.45, 2.75) is 39.0 Å². The van der Waals surface area contributed by atoms with Gasteiger partial charge in [0, 0.05) is 10.7 Å². The molecule has 0 atom stereocenters. The largest absolute Gasteiger partial charge is 0.324 e. The highest BCUT2D eigenvalue weighted by atomic mass is 35.5. The zero-order valence-electron chi connectivity index (χ0n) is 18.6. The zero-order chi connectivity index (χ0) is 23.5. The molecule has 1 amide bonds. The summed E-state index contributed by atoms with van der Waals surface area (Å²) in [7, 11) is -4.00. The Morgan fingerprint density at radius 2 is 1.62 bits per heavy atom. The van der Waals surface area contributed by atoms with Crippen LogP contribution in [-0.4, -0.2) is 20.9 Å². The number of nitrogens with one attached hydrogen (secondary N) is 1. The van der Waals surface area contributed by atoms with Crippen molar-refractivity contribution >= 4 is 38.9 Å². The van der Waals surface area contributed by atoms with Crippen molar-refractivity contribution in [3.8, 4) is 0 Å². The van der Waals surface area contributed by atoms with Crippen LogP contribution in [0.2, 0.25) is 5.02 Å². The van der Waals surface area contributed by atoms with Crippen molar-refractivity contribution in [2.75, 3.05) is 16.2 Å². The lowest BCUT2D eigenvalue weighted by molar-refractivity contribution is -0.114. The molecule has 0 spiro atoms. The number of nitrogens with zero attached hydrogens (tertiary/aromatic N) is 1. The van der Waals surface area contributed by atoms with Crippen LogP contribution in [0.25, 0.3) is 0 Å². The van der Waals surface area contributed by atoms with Gasteiger partial charge in [-0.15, -0.1) is 0 Å². The minimum Gasteiger partial charge on any atom is -0.324 e. The Kier molecular flexibility index (Phi) is 7.26. The fourth-order valence-corrected chi connectivity index (χ4v) is 4.98. The number of hydrogen-bond acceptors (Lipinski definition) is 3. The highest BCUT2D eigenvalue weighted by Gasteiger charge is 2.28. The first-order chi connectivity index (χ1) is 15.1. The molecule has 32 heavy (non-hydrogen) atoms. The summed E-state index contributed by atoms with van der Waals surface area (Å²) in [6, 6.07) is 17.1. The third kappa shape index (κ3) is 5.14. The van der Waals surface area contributed by atoms with Crippen LogP contribution in [-0.2, 0) is 21.2 Å². The second-order valence-electron chi connectivity index (χ2n) is 7.74. The lowest BCUT2D eigenvalue weighted by atomic mass is 10.1. The maximum absolute atomic E-state index is 13.5. The molecule has 3 aromatic rings. The molecule has 0 aliphatic rings. The monoisotopic (exact) mass is 470 g/mol. The average molecular weight is 471 g/mol. The standard InChI is InChI=1S/C25H27ClN2O3S/c1-5-20-8-6-7-18(3)25(20)27-24(29)16-28(22-12-9-17(2)19(4)15-22)32(30,31)23-13-10-21(26)11-14-23/h6-15H,5,16H2,1-4H3,(H,27,29). The van der Waals surface area contributed by atoms with Crippen LogP contribution in [0, 0.1) is 20.8 Å². The normalized spacial score (nSPS) is 11.3. The molecule has 3 rings (SSSR count). The van der Waals surface area contributed by atoms with Gasteiger partial charge in [-0.05, 0) is 85.8 Å². The maximum Gasteiger partial charge on any atom is 0.264 e. The highest BCUT2D eigenvalue weighted by Crippen LogP contribution is 2.27. The van der Waals surface area contributed by atoms with Gasteiger partial charge in [0.05, 0.1) is 10.6 Å². The van der Waals surface area contributed by atoms with E-state index in [9.17, 15) is 13.2 Å². The first-order valence-corrected chi connectivity index (χ1v) is 12.2. The number of rotatable bonds is 7. The summed E-state index contributed by atoms with van der Waals surface area (Å²) in [6.45, 7) is 7.43. The van der Waals surface area contributed by atoms with Gasteiger partial charge in [0.15, 0.2) is 0 Å². The smallest absolute Gasteiger partial charge is 0.264 e. The van der Waals surface area contributed by atoms with Gasteiger partial charge >= 0.3 is 0 Å². The van der Waals surface area contributed by atoms with Gasteiger partial charge in [0.1, 0.15) is 6.54 Å². The Hall–Kier alpha value is -2.83. The molecule has 0 radical (unpaired) electrons. The van der Waals surface area contributed by atoms with Crippen LogP contribution in [0.3, 0.4) is 0 Å². The topological polar surface area (TPSA) is 66.5 Å². The van der Waals surface area contributed by atoms with E-state index in [1.807, 2.05) is 52.0 Å². The van der Waals surface area contributed by atoms with E-state index in [1.54, 1.807) is 12.1 Å². The Labute approximate surface area is 195 Å². The van der Waals surface area contributed by atoms with Crippen LogP contribution in [0.4, 0.5) is 11.4 Å². The molecule has 0 bridgehead atoms. The minimum atomic E-state index is -4.00. The van der Waals surface area contributed by atoms with E-state index in [0.717, 1.165) is 38.7 Å². The molecule has 168 valence electrons. The van der Waals surface area contributed by atoms with E-state index >= 15 is 0 Å². The molecule has 0 saturated heterocycles. The molecule has 3 aromatic carbocycles. The molecule has 0 heterocycles. The molecule has 0 aliphatic carbocycles. The number of amides is 1. The number of carbonyl (C=O) groups is 1. The molecule has 0 aliphatic heterocycles. The number of benzene rings is 3. The second-order valence-corrected chi connectivity index (χ2v) is 10.0. The minimum absolute atomic E-state index is 0.0677. The Balaban J connectivity index is 2.00. The summed E-state index contributed by atoms with van der Waals surface area (Å²) < 4.78 is 28.2. The van der Waals surface area contributed by atoms with Gasteiger partial charge in [-0.2, -0.15) is 0 Å². The van der Waals surface area contributed by atoms with Crippen LogP contribution in [0.5, 0.6) is 0 Å². The third-order valence-corrected chi connectivity index (χ3v) is 7.51. The molecule has 0 fully saturated rings. The first kappa shape index (κ1) is 23.8. The lowest BCUT2D eigenvalue weighted by Gasteiger charge is -2.25. The Morgan fingerprint density at radius 1 is 0.938 bits per heavy atom. The SMILES string of the molecule is CCc1cccc(C)c1NC(=O)CN(c1ccc(C)c(C)c1)S(=O)(=O)c1ccc(Cl)cc1. The van der Waals surface area contributed by atoms with Crippen LogP contribution in [0.1, 0.15) is 29.2 Å². The van der Waals surface area contributed by atoms with E-state index in [2.05, 4.69) is 5.32 Å². The average Bonchev–Trinajstić information content (AvgIpc) is 2.75. The van der Waals surface area contributed by atoms with E-state index in [4.69, 9.17) is 11.6 Å². The van der Waals surface area contributed by atoms with Gasteiger partial charge in [-0.1, -0.05) is 42.8 Å². The number of anilines is 2. The third-order valence-electron chi connectivity index (χ3n) is 5.47. The summed E-state index contributed by atoms with van der Waals surface area (Å²) >= 11 is 5.94. The van der Waals surface area contributed by atoms with E-state index in [0.29, 0.717) is 10.7 Å². The van der Waals surface area contributed by atoms with Gasteiger partial charge in [0.25, 0.3) is 10.0 Å². The molecule has 7 heteroatoms. The number of halogens is 1. The predicted octanol–water partition coefficient (Wildman–Crippen LogP) is 5.66. The molecular weight excluding hydrogens is 444 g/mol. The Morgan fingerprint density at radius 3 is 2.25 bits per heavy atom. The van der Waals surface area contributed by atoms with Crippen molar-refractivity contribution < 1.29 is 13.2 Å². The van der Waals surface area contributed by atoms with Crippen molar-refractivity contribution in [2.24, 2.45) is 0 Å². The number of carbonyl (C=O) groups excluding carboxylic acids is 1. The summed E-state index contributed by atoms with van der Waals surface area (Å²) in [5, 5.41) is 3.36. The maximum atomic E-state index is 13.5. The number of aryl methyl sites for hydroxylation is 4. The molecule has 0 saturated carbocycles. The summed E-state index contributed by atoms with van der Waals surface area (Å²) in [6.07, 6.45) is 0.751. The molecule has 0 unspecified atom stereocenters. The van der Waals surface area contributed by atoms with Crippen molar-refractivity contribution in [1.29, 1.82) is 0 Å². The van der Waals surface area contributed by atoms with E-state index < -0.39 is 15.9 Å². The summed E-state index contributed by atoms with van der Waals surface area (Å²) in [5.41, 5.74) is 5.05. The van der Waals surface area contributed by atoms with E-state index in [1.165, 1.54) is 24.3 Å². The van der Waals surface area contributed by atoms with Crippen LogP contribution >= 0.6 is 11.6 Å². The number of hydrogen-bond donors (Lipinski definition) is 1.